The van der Waals surface area contributed by atoms with Gasteiger partial charge in [0.25, 0.3) is 5.91 Å². The number of hydrogen-bond acceptors (Lipinski definition) is 3. The van der Waals surface area contributed by atoms with Crippen LogP contribution in [0.5, 0.6) is 0 Å². The van der Waals surface area contributed by atoms with Gasteiger partial charge in [-0.3, -0.25) is 14.4 Å². The van der Waals surface area contributed by atoms with Gasteiger partial charge in [-0.2, -0.15) is 0 Å². The number of hydrogen-bond donors (Lipinski definition) is 1. The van der Waals surface area contributed by atoms with Gasteiger partial charge in [-0.1, -0.05) is 30.3 Å². The lowest BCUT2D eigenvalue weighted by molar-refractivity contribution is -0.122. The molecule has 0 unspecified atom stereocenters. The van der Waals surface area contributed by atoms with Gasteiger partial charge in [0, 0.05) is 38.0 Å². The van der Waals surface area contributed by atoms with E-state index in [1.807, 2.05) is 24.3 Å². The van der Waals surface area contributed by atoms with Crippen LogP contribution in [0.25, 0.3) is 6.08 Å². The second-order valence-corrected chi connectivity index (χ2v) is 6.80. The Morgan fingerprint density at radius 2 is 1.79 bits per heavy atom. The summed E-state index contributed by atoms with van der Waals surface area (Å²) >= 11 is 0. The van der Waals surface area contributed by atoms with Crippen LogP contribution >= 0.6 is 0 Å². The van der Waals surface area contributed by atoms with Crippen LogP contribution in [0.3, 0.4) is 0 Å². The van der Waals surface area contributed by atoms with Gasteiger partial charge in [0.05, 0.1) is 6.54 Å². The van der Waals surface area contributed by atoms with E-state index in [9.17, 15) is 14.4 Å². The molecule has 0 saturated carbocycles. The van der Waals surface area contributed by atoms with Crippen LogP contribution in [0.1, 0.15) is 21.5 Å². The molecule has 2 aromatic rings. The van der Waals surface area contributed by atoms with Crippen LogP contribution < -0.4 is 10.2 Å². The molecule has 3 amide bonds. The Hall–Kier alpha value is -3.41. The second-order valence-electron chi connectivity index (χ2n) is 6.80. The fraction of sp³-hybridized carbons (Fsp3) is 0.227. The van der Waals surface area contributed by atoms with Crippen molar-refractivity contribution in [2.24, 2.45) is 0 Å². The van der Waals surface area contributed by atoms with Crippen molar-refractivity contribution < 1.29 is 14.4 Å². The number of para-hydroxylation sites is 1. The van der Waals surface area contributed by atoms with E-state index in [-0.39, 0.29) is 24.3 Å². The monoisotopic (exact) mass is 377 g/mol. The Labute approximate surface area is 164 Å². The number of amides is 3. The summed E-state index contributed by atoms with van der Waals surface area (Å²) in [5.74, 6) is -0.539. The summed E-state index contributed by atoms with van der Waals surface area (Å²) in [6, 6.07) is 14.8. The first-order valence-corrected chi connectivity index (χ1v) is 9.11. The Morgan fingerprint density at radius 1 is 1.07 bits per heavy atom. The molecule has 6 heteroatoms. The minimum atomic E-state index is -0.339. The molecule has 1 aliphatic heterocycles. The number of rotatable bonds is 5. The number of carbonyl (C=O) groups excluding carboxylic acids is 3. The molecular formula is C22H23N3O3. The third-order valence-electron chi connectivity index (χ3n) is 4.59. The summed E-state index contributed by atoms with van der Waals surface area (Å²) in [7, 11) is 3.39. The molecule has 3 rings (SSSR count). The molecule has 0 spiro atoms. The van der Waals surface area contributed by atoms with Crippen molar-refractivity contribution >= 4 is 29.5 Å². The minimum absolute atomic E-state index is 0.0478. The highest BCUT2D eigenvalue weighted by molar-refractivity contribution is 6.00. The van der Waals surface area contributed by atoms with E-state index < -0.39 is 0 Å². The molecule has 1 N–H and O–H groups in total. The fourth-order valence-electron chi connectivity index (χ4n) is 3.08. The summed E-state index contributed by atoms with van der Waals surface area (Å²) in [5, 5.41) is 2.63. The average Bonchev–Trinajstić information content (AvgIpc) is 3.14. The van der Waals surface area contributed by atoms with E-state index in [2.05, 4.69) is 5.32 Å². The van der Waals surface area contributed by atoms with Crippen LogP contribution in [0, 0.1) is 0 Å². The maximum absolute atomic E-state index is 12.4. The number of carbonyl (C=O) groups is 3. The highest BCUT2D eigenvalue weighted by Gasteiger charge is 2.23. The largest absolute Gasteiger partial charge is 0.345 e. The highest BCUT2D eigenvalue weighted by atomic mass is 16.2. The van der Waals surface area contributed by atoms with Crippen molar-refractivity contribution in [3.8, 4) is 0 Å². The Kier molecular flexibility index (Phi) is 5.89. The Bertz CT molecular complexity index is 917. The van der Waals surface area contributed by atoms with Crippen LogP contribution in [-0.2, 0) is 16.0 Å². The molecule has 1 heterocycles. The minimum Gasteiger partial charge on any atom is -0.345 e. The van der Waals surface area contributed by atoms with Crippen molar-refractivity contribution in [3.63, 3.8) is 0 Å². The van der Waals surface area contributed by atoms with Crippen molar-refractivity contribution in [2.75, 3.05) is 32.1 Å². The molecule has 1 aliphatic rings. The number of nitrogens with zero attached hydrogens (tertiary/aromatic N) is 2. The third-order valence-corrected chi connectivity index (χ3v) is 4.59. The molecule has 0 saturated heterocycles. The lowest BCUT2D eigenvalue weighted by Crippen LogP contribution is -2.38. The van der Waals surface area contributed by atoms with Crippen molar-refractivity contribution in [1.29, 1.82) is 0 Å². The molecule has 144 valence electrons. The molecular weight excluding hydrogens is 354 g/mol. The van der Waals surface area contributed by atoms with Crippen LogP contribution in [0.15, 0.2) is 54.6 Å². The highest BCUT2D eigenvalue weighted by Crippen LogP contribution is 2.27. The van der Waals surface area contributed by atoms with E-state index in [0.717, 1.165) is 23.2 Å². The molecule has 2 aromatic carbocycles. The van der Waals surface area contributed by atoms with Crippen molar-refractivity contribution in [1.82, 2.24) is 10.2 Å². The zero-order valence-electron chi connectivity index (χ0n) is 16.0. The van der Waals surface area contributed by atoms with Crippen LogP contribution in [0.2, 0.25) is 0 Å². The van der Waals surface area contributed by atoms with Gasteiger partial charge in [-0.15, -0.1) is 0 Å². The predicted octanol–water partition coefficient (Wildman–Crippen LogP) is 2.11. The number of fused-ring (bicyclic) bond motifs is 1. The lowest BCUT2D eigenvalue weighted by atomic mass is 10.1. The first kappa shape index (κ1) is 19.4. The van der Waals surface area contributed by atoms with E-state index in [1.165, 1.54) is 11.0 Å². The topological polar surface area (TPSA) is 69.7 Å². The molecule has 0 aromatic heterocycles. The Morgan fingerprint density at radius 3 is 2.50 bits per heavy atom. The van der Waals surface area contributed by atoms with Gasteiger partial charge in [0.1, 0.15) is 0 Å². The van der Waals surface area contributed by atoms with Gasteiger partial charge in [-0.25, -0.2) is 0 Å². The maximum Gasteiger partial charge on any atom is 0.253 e. The number of benzene rings is 2. The molecule has 0 radical (unpaired) electrons. The summed E-state index contributed by atoms with van der Waals surface area (Å²) in [6.07, 6.45) is 3.87. The predicted molar refractivity (Wildman–Crippen MR) is 109 cm³/mol. The molecule has 0 fully saturated rings. The van der Waals surface area contributed by atoms with Crippen molar-refractivity contribution in [3.05, 3.63) is 71.3 Å². The van der Waals surface area contributed by atoms with Gasteiger partial charge in [0.15, 0.2) is 0 Å². The first-order chi connectivity index (χ1) is 13.5. The molecule has 0 aliphatic carbocycles. The lowest BCUT2D eigenvalue weighted by Gasteiger charge is -2.17. The first-order valence-electron chi connectivity index (χ1n) is 9.11. The van der Waals surface area contributed by atoms with E-state index in [1.54, 1.807) is 49.3 Å². The quantitative estimate of drug-likeness (QED) is 0.812. The zero-order chi connectivity index (χ0) is 20.1. The summed E-state index contributed by atoms with van der Waals surface area (Å²) in [5.41, 5.74) is 3.45. The fourth-order valence-corrected chi connectivity index (χ4v) is 3.08. The zero-order valence-corrected chi connectivity index (χ0v) is 16.0. The molecule has 0 bridgehead atoms. The SMILES string of the molecule is CN(C)C(=O)c1ccc(/C=C/C(=O)NCC(=O)N2CCc3ccccc32)cc1. The molecule has 0 atom stereocenters. The van der Waals surface area contributed by atoms with E-state index in [0.29, 0.717) is 12.1 Å². The van der Waals surface area contributed by atoms with E-state index in [4.69, 9.17) is 0 Å². The average molecular weight is 377 g/mol. The standard InChI is InChI=1S/C22H23N3O3/c1-24(2)22(28)18-10-7-16(8-11-18)9-12-20(26)23-15-21(27)25-14-13-17-5-3-4-6-19(17)25/h3-12H,13-15H2,1-2H3,(H,23,26)/b12-9+. The van der Waals surface area contributed by atoms with Gasteiger partial charge >= 0.3 is 0 Å². The van der Waals surface area contributed by atoms with Crippen LogP contribution in [-0.4, -0.2) is 49.8 Å². The molecule has 6 nitrogen and oxygen atoms in total. The van der Waals surface area contributed by atoms with Gasteiger partial charge in [0.2, 0.25) is 11.8 Å². The summed E-state index contributed by atoms with van der Waals surface area (Å²) < 4.78 is 0. The number of anilines is 1. The second kappa shape index (κ2) is 8.52. The van der Waals surface area contributed by atoms with E-state index >= 15 is 0 Å². The van der Waals surface area contributed by atoms with Crippen molar-refractivity contribution in [2.45, 2.75) is 6.42 Å². The number of nitrogens with one attached hydrogen (secondary N) is 1. The van der Waals surface area contributed by atoms with Gasteiger partial charge in [-0.05, 0) is 41.8 Å². The summed E-state index contributed by atoms with van der Waals surface area (Å²) in [4.78, 5) is 39.5. The summed E-state index contributed by atoms with van der Waals surface area (Å²) in [6.45, 7) is 0.593. The third kappa shape index (κ3) is 4.46. The van der Waals surface area contributed by atoms with Gasteiger partial charge < -0.3 is 15.1 Å². The normalized spacial score (nSPS) is 12.7. The van der Waals surface area contributed by atoms with Crippen LogP contribution in [0.4, 0.5) is 5.69 Å². The Balaban J connectivity index is 1.52. The molecule has 28 heavy (non-hydrogen) atoms. The maximum atomic E-state index is 12.4. The smallest absolute Gasteiger partial charge is 0.253 e.